The monoisotopic (exact) mass is 602 g/mol. The summed E-state index contributed by atoms with van der Waals surface area (Å²) in [5.41, 5.74) is 8.61. The van der Waals surface area contributed by atoms with Crippen LogP contribution in [0.3, 0.4) is 0 Å². The molecule has 0 bridgehead atoms. The molecule has 0 spiro atoms. The van der Waals surface area contributed by atoms with E-state index in [1.807, 2.05) is 36.5 Å². The van der Waals surface area contributed by atoms with Crippen molar-refractivity contribution >= 4 is 60.2 Å². The minimum Gasteiger partial charge on any atom is -0.457 e. The van der Waals surface area contributed by atoms with Gasteiger partial charge in [-0.2, -0.15) is 0 Å². The smallest absolute Gasteiger partial charge is 0.146 e. The Morgan fingerprint density at radius 2 is 1.21 bits per heavy atom. The number of benzene rings is 6. The van der Waals surface area contributed by atoms with Crippen LogP contribution in [-0.4, -0.2) is 18.9 Å². The third kappa shape index (κ3) is 3.90. The maximum Gasteiger partial charge on any atom is 0.146 e. The normalized spacial score (nSPS) is 11.8. The summed E-state index contributed by atoms with van der Waals surface area (Å²) in [4.78, 5) is 9.86. The molecule has 6 aromatic carbocycles. The first kappa shape index (κ1) is 25.8. The molecule has 220 valence electrons. The van der Waals surface area contributed by atoms with Gasteiger partial charge in [-0.1, -0.05) is 84.9 Å². The average molecular weight is 603 g/mol. The zero-order valence-electron chi connectivity index (χ0n) is 25.2. The predicted molar refractivity (Wildman–Crippen MR) is 192 cm³/mol. The van der Waals surface area contributed by atoms with Crippen LogP contribution in [0, 0.1) is 0 Å². The van der Waals surface area contributed by atoms with Crippen molar-refractivity contribution < 1.29 is 4.74 Å². The van der Waals surface area contributed by atoms with E-state index in [1.165, 1.54) is 21.9 Å². The maximum atomic E-state index is 6.64. The molecule has 0 fully saturated rings. The van der Waals surface area contributed by atoms with E-state index in [0.717, 1.165) is 66.7 Å². The van der Waals surface area contributed by atoms with E-state index in [-0.39, 0.29) is 0 Å². The average Bonchev–Trinajstić information content (AvgIpc) is 3.68. The fraction of sp³-hybridized carbons (Fsp3) is 0. The molecule has 4 heterocycles. The van der Waals surface area contributed by atoms with Crippen molar-refractivity contribution in [1.82, 2.24) is 18.9 Å². The Kier molecular flexibility index (Phi) is 5.51. The first-order chi connectivity index (χ1) is 23.3. The molecular weight excluding hydrogens is 576 g/mol. The number of pyridine rings is 2. The molecule has 0 aliphatic heterocycles. The molecular formula is C42H26N4O. The zero-order chi connectivity index (χ0) is 30.9. The molecule has 0 saturated carbocycles. The fourth-order valence-corrected chi connectivity index (χ4v) is 7.17. The Hall–Kier alpha value is -6.46. The first-order valence-electron chi connectivity index (χ1n) is 15.8. The summed E-state index contributed by atoms with van der Waals surface area (Å²) in [6.07, 6.45) is 1.83. The van der Waals surface area contributed by atoms with Crippen molar-refractivity contribution in [3.05, 3.63) is 158 Å². The van der Waals surface area contributed by atoms with Gasteiger partial charge in [0.05, 0.1) is 27.6 Å². The van der Waals surface area contributed by atoms with Crippen LogP contribution in [-0.2, 0) is 0 Å². The van der Waals surface area contributed by atoms with Crippen LogP contribution in [0.15, 0.2) is 158 Å². The lowest BCUT2D eigenvalue weighted by Gasteiger charge is -2.15. The van der Waals surface area contributed by atoms with Gasteiger partial charge in [0.25, 0.3) is 0 Å². The number of hydrogen-bond acceptors (Lipinski definition) is 3. The van der Waals surface area contributed by atoms with Gasteiger partial charge >= 0.3 is 0 Å². The molecule has 4 aromatic heterocycles. The van der Waals surface area contributed by atoms with Gasteiger partial charge in [0.15, 0.2) is 0 Å². The largest absolute Gasteiger partial charge is 0.457 e. The third-order valence-corrected chi connectivity index (χ3v) is 9.19. The maximum absolute atomic E-state index is 6.64. The van der Waals surface area contributed by atoms with E-state index in [2.05, 4.69) is 135 Å². The van der Waals surface area contributed by atoms with Crippen molar-refractivity contribution in [2.45, 2.75) is 0 Å². The van der Waals surface area contributed by atoms with E-state index < -0.39 is 0 Å². The van der Waals surface area contributed by atoms with Gasteiger partial charge in [0.2, 0.25) is 0 Å². The van der Waals surface area contributed by atoms with E-state index in [1.54, 1.807) is 0 Å². The minimum absolute atomic E-state index is 0.755. The van der Waals surface area contributed by atoms with Crippen molar-refractivity contribution in [3.63, 3.8) is 0 Å². The van der Waals surface area contributed by atoms with Crippen LogP contribution in [0.4, 0.5) is 0 Å². The van der Waals surface area contributed by atoms with Crippen LogP contribution in [0.25, 0.3) is 77.1 Å². The topological polar surface area (TPSA) is 44.3 Å². The van der Waals surface area contributed by atoms with Gasteiger partial charge in [0, 0.05) is 39.4 Å². The lowest BCUT2D eigenvalue weighted by Crippen LogP contribution is -1.96. The second-order valence-corrected chi connectivity index (χ2v) is 11.9. The molecule has 0 aliphatic carbocycles. The van der Waals surface area contributed by atoms with E-state index in [9.17, 15) is 0 Å². The van der Waals surface area contributed by atoms with Crippen LogP contribution >= 0.6 is 0 Å². The lowest BCUT2D eigenvalue weighted by molar-refractivity contribution is 0.484. The van der Waals surface area contributed by atoms with Gasteiger partial charge in [-0.3, -0.25) is 8.97 Å². The van der Waals surface area contributed by atoms with Gasteiger partial charge in [-0.05, 0) is 71.6 Å². The Labute approximate surface area is 269 Å². The number of rotatable bonds is 4. The highest BCUT2D eigenvalue weighted by molar-refractivity contribution is 6.17. The summed E-state index contributed by atoms with van der Waals surface area (Å²) >= 11 is 0. The van der Waals surface area contributed by atoms with Crippen molar-refractivity contribution in [1.29, 1.82) is 0 Å². The Bertz CT molecular complexity index is 2820. The molecule has 5 nitrogen and oxygen atoms in total. The number of para-hydroxylation sites is 4. The van der Waals surface area contributed by atoms with Crippen LogP contribution in [0.1, 0.15) is 0 Å². The van der Waals surface area contributed by atoms with Crippen molar-refractivity contribution in [3.8, 4) is 28.4 Å². The number of ether oxygens (including phenoxy) is 1. The Morgan fingerprint density at radius 1 is 0.489 bits per heavy atom. The van der Waals surface area contributed by atoms with Crippen molar-refractivity contribution in [2.24, 2.45) is 0 Å². The summed E-state index contributed by atoms with van der Waals surface area (Å²) in [6.45, 7) is 0. The fourth-order valence-electron chi connectivity index (χ4n) is 7.17. The minimum atomic E-state index is 0.755. The second kappa shape index (κ2) is 10.0. The molecule has 0 radical (unpaired) electrons. The number of nitrogens with zero attached hydrogens (tertiary/aromatic N) is 4. The molecule has 10 aromatic rings. The zero-order valence-corrected chi connectivity index (χ0v) is 25.2. The molecule has 0 amide bonds. The van der Waals surface area contributed by atoms with Crippen LogP contribution < -0.4 is 4.74 Å². The quantitative estimate of drug-likeness (QED) is 0.188. The standard InChI is InChI=1S/C42H26N4O/c1-2-11-27(12-3-1)30-14-10-15-34-31-22-20-28(25-35(31)42-44-36-16-5-7-18-38(36)46(42)41(30)34)47-29-21-23-33-32-13-4-6-17-37(32)45(39(33)26-29)40-19-8-9-24-43-40/h1-26H. The molecule has 0 N–H and O–H groups in total. The molecule has 47 heavy (non-hydrogen) atoms. The molecule has 0 aliphatic rings. The number of fused-ring (bicyclic) bond motifs is 11. The molecule has 5 heteroatoms. The SMILES string of the molecule is c1ccc(-c2cccc3c4ccc(Oc5ccc6c7ccccc7n(-c7ccccn7)c6c5)cc4c4nc5ccccc5n4c23)cc1. The first-order valence-corrected chi connectivity index (χ1v) is 15.8. The highest BCUT2D eigenvalue weighted by Gasteiger charge is 2.18. The van der Waals surface area contributed by atoms with Crippen molar-refractivity contribution in [2.75, 3.05) is 0 Å². The van der Waals surface area contributed by atoms with Gasteiger partial charge in [-0.15, -0.1) is 0 Å². The summed E-state index contributed by atoms with van der Waals surface area (Å²) < 4.78 is 11.2. The van der Waals surface area contributed by atoms with Crippen LogP contribution in [0.2, 0.25) is 0 Å². The number of imidazole rings is 1. The lowest BCUT2D eigenvalue weighted by atomic mass is 9.98. The van der Waals surface area contributed by atoms with Crippen LogP contribution in [0.5, 0.6) is 11.5 Å². The third-order valence-electron chi connectivity index (χ3n) is 9.19. The van der Waals surface area contributed by atoms with E-state index in [4.69, 9.17) is 9.72 Å². The number of aromatic nitrogens is 4. The highest BCUT2D eigenvalue weighted by Crippen LogP contribution is 2.40. The van der Waals surface area contributed by atoms with Gasteiger partial charge in [0.1, 0.15) is 23.0 Å². The molecule has 0 atom stereocenters. The van der Waals surface area contributed by atoms with E-state index >= 15 is 0 Å². The Morgan fingerprint density at radius 3 is 2.09 bits per heavy atom. The summed E-state index contributed by atoms with van der Waals surface area (Å²) in [5, 5.41) is 5.69. The van der Waals surface area contributed by atoms with Gasteiger partial charge in [-0.25, -0.2) is 9.97 Å². The molecule has 0 saturated heterocycles. The van der Waals surface area contributed by atoms with Gasteiger partial charge < -0.3 is 4.74 Å². The highest BCUT2D eigenvalue weighted by atomic mass is 16.5. The summed E-state index contributed by atoms with van der Waals surface area (Å²) in [7, 11) is 0. The number of hydrogen-bond donors (Lipinski definition) is 0. The summed E-state index contributed by atoms with van der Waals surface area (Å²) in [5.74, 6) is 2.38. The predicted octanol–water partition coefficient (Wildman–Crippen LogP) is 10.7. The molecule has 0 unspecified atom stereocenters. The summed E-state index contributed by atoms with van der Waals surface area (Å²) in [6, 6.07) is 52.6. The Balaban J connectivity index is 1.19. The van der Waals surface area contributed by atoms with E-state index in [0.29, 0.717) is 0 Å². The molecule has 10 rings (SSSR count). The second-order valence-electron chi connectivity index (χ2n) is 11.9.